The predicted octanol–water partition coefficient (Wildman–Crippen LogP) is -2.03. The molecule has 0 saturated carbocycles. The third kappa shape index (κ3) is 4.90. The summed E-state index contributed by atoms with van der Waals surface area (Å²) in [5.74, 6) is -1.46. The Balaban J connectivity index is 2.30. The largest absolute Gasteiger partial charge is 0.480 e. The molecule has 1 aliphatic heterocycles. The normalized spacial score (nSPS) is 29.6. The number of carbonyl (C=O) groups is 1. The predicted molar refractivity (Wildman–Crippen MR) is 91.3 cm³/mol. The summed E-state index contributed by atoms with van der Waals surface area (Å²) in [6, 6.07) is -0.568. The van der Waals surface area contributed by atoms with E-state index >= 15 is 0 Å². The number of nitrogens with zero attached hydrogens (tertiary/aromatic N) is 4. The van der Waals surface area contributed by atoms with Crippen molar-refractivity contribution in [2.45, 2.75) is 37.1 Å². The van der Waals surface area contributed by atoms with Crippen LogP contribution in [-0.4, -0.2) is 66.3 Å². The van der Waals surface area contributed by atoms with Crippen molar-refractivity contribution in [1.82, 2.24) is 14.6 Å². The fourth-order valence-electron chi connectivity index (χ4n) is 2.44. The highest BCUT2D eigenvalue weighted by Gasteiger charge is 2.56. The van der Waals surface area contributed by atoms with Gasteiger partial charge < -0.3 is 24.9 Å². The number of aromatic amines is 1. The highest BCUT2D eigenvalue weighted by atomic mass is 31.2. The van der Waals surface area contributed by atoms with Crippen LogP contribution in [0.1, 0.15) is 13.2 Å². The average Bonchev–Trinajstić information content (AvgIpc) is 2.86. The number of carboxylic acid groups (broad SMARTS) is 1. The van der Waals surface area contributed by atoms with Crippen LogP contribution < -0.4 is 16.3 Å². The number of azide groups is 1. The van der Waals surface area contributed by atoms with Gasteiger partial charge in [0.25, 0.3) is 5.56 Å². The Bertz CT molecular complexity index is 988. The first-order valence-electron chi connectivity index (χ1n) is 7.82. The Morgan fingerprint density at radius 1 is 1.59 bits per heavy atom. The molecule has 1 unspecified atom stereocenters. The van der Waals surface area contributed by atoms with E-state index in [0.29, 0.717) is 4.57 Å². The summed E-state index contributed by atoms with van der Waals surface area (Å²) in [7, 11) is -4.78. The summed E-state index contributed by atoms with van der Waals surface area (Å²) in [6.45, 7) is -0.0436. The smallest absolute Gasteiger partial charge is 0.403 e. The zero-order valence-electron chi connectivity index (χ0n) is 14.6. The molecule has 0 aliphatic carbocycles. The fraction of sp³-hybridized carbons (Fsp3) is 0.583. The van der Waals surface area contributed by atoms with Gasteiger partial charge in [-0.05, 0) is 12.5 Å². The Morgan fingerprint density at radius 3 is 2.79 bits per heavy atom. The van der Waals surface area contributed by atoms with E-state index in [-0.39, 0.29) is 0 Å². The van der Waals surface area contributed by atoms with E-state index < -0.39 is 61.8 Å². The first-order chi connectivity index (χ1) is 13.4. The van der Waals surface area contributed by atoms with Gasteiger partial charge in [-0.3, -0.25) is 23.7 Å². The molecule has 1 aromatic heterocycles. The molecule has 0 bridgehead atoms. The van der Waals surface area contributed by atoms with E-state index in [1.165, 1.54) is 0 Å². The van der Waals surface area contributed by atoms with Gasteiger partial charge in [-0.1, -0.05) is 5.11 Å². The zero-order chi connectivity index (χ0) is 22.0. The second-order valence-electron chi connectivity index (χ2n) is 5.98. The lowest BCUT2D eigenvalue weighted by molar-refractivity contribution is -0.138. The zero-order valence-corrected chi connectivity index (χ0v) is 15.5. The maximum Gasteiger partial charge on any atom is 0.403 e. The summed E-state index contributed by atoms with van der Waals surface area (Å²) in [4.78, 5) is 47.9. The number of hydrogen-bond donors (Lipinski definition) is 6. The number of carboxylic acids is 1. The highest BCUT2D eigenvalue weighted by Crippen LogP contribution is 2.44. The van der Waals surface area contributed by atoms with Gasteiger partial charge in [-0.15, -0.1) is 0 Å². The number of ether oxygens (including phenoxy) is 1. The molecule has 16 nitrogen and oxygen atoms in total. The topological polar surface area (TPSA) is 249 Å². The molecule has 2 heterocycles. The van der Waals surface area contributed by atoms with Gasteiger partial charge in [-0.2, -0.15) is 0 Å². The van der Waals surface area contributed by atoms with Crippen molar-refractivity contribution in [3.63, 3.8) is 0 Å². The molecule has 160 valence electrons. The molecule has 0 aromatic carbocycles. The number of H-pyrrole nitrogens is 1. The lowest BCUT2D eigenvalue weighted by atomic mass is 10.1. The monoisotopic (exact) mass is 436 g/mol. The highest BCUT2D eigenvalue weighted by molar-refractivity contribution is 7.50. The van der Waals surface area contributed by atoms with Crippen molar-refractivity contribution in [3.8, 4) is 0 Å². The van der Waals surface area contributed by atoms with Gasteiger partial charge in [0.1, 0.15) is 18.2 Å². The molecule has 0 radical (unpaired) electrons. The van der Waals surface area contributed by atoms with Crippen LogP contribution in [0.2, 0.25) is 0 Å². The van der Waals surface area contributed by atoms with Crippen LogP contribution in [0.4, 0.5) is 0 Å². The quantitative estimate of drug-likeness (QED) is 0.112. The first-order valence-corrected chi connectivity index (χ1v) is 9.40. The SMILES string of the molecule is C[C@H](NP(=O)(O)OC[C@@]1(N=[N+]=[N-])O[C@@H](n2ccc(=O)[nH]c2=O)[C@H](O)[C@@H]1O)C(=O)O. The molecule has 0 spiro atoms. The molecule has 6 N–H and O–H groups in total. The number of nitrogens with one attached hydrogen (secondary N) is 2. The average molecular weight is 436 g/mol. The third-order valence-corrected chi connectivity index (χ3v) is 5.11. The van der Waals surface area contributed by atoms with Gasteiger partial charge in [0, 0.05) is 17.2 Å². The summed E-state index contributed by atoms with van der Waals surface area (Å²) < 4.78 is 22.6. The summed E-state index contributed by atoms with van der Waals surface area (Å²) in [6.07, 6.45) is -4.62. The summed E-state index contributed by atoms with van der Waals surface area (Å²) >= 11 is 0. The number of aliphatic hydroxyl groups is 2. The number of aliphatic hydroxyl groups excluding tert-OH is 2. The molecule has 0 amide bonds. The van der Waals surface area contributed by atoms with Gasteiger partial charge in [0.05, 0.1) is 6.61 Å². The summed E-state index contributed by atoms with van der Waals surface area (Å²) in [5, 5.41) is 34.3. The standard InChI is InChI=1S/C12H17N6O10P/c1-5(10(22)23)15-29(25,26)27-4-12(16-17-13)8(21)7(20)9(28-12)18-3-2-6(19)14-11(18)24/h2-3,5,7-9,20-21H,4H2,1H3,(H,22,23)(H,14,19,24)(H2,15,25,26)/t5-,7+,8-,9+,12+/m0/s1. The van der Waals surface area contributed by atoms with E-state index in [4.69, 9.17) is 15.4 Å². The van der Waals surface area contributed by atoms with Crippen LogP contribution in [0.5, 0.6) is 0 Å². The van der Waals surface area contributed by atoms with E-state index in [1.54, 1.807) is 5.09 Å². The molecular weight excluding hydrogens is 419 g/mol. The minimum atomic E-state index is -4.78. The van der Waals surface area contributed by atoms with Crippen molar-refractivity contribution in [3.05, 3.63) is 43.5 Å². The molecule has 1 saturated heterocycles. The number of aliphatic carboxylic acids is 1. The van der Waals surface area contributed by atoms with E-state index in [2.05, 4.69) is 14.5 Å². The molecular formula is C12H17N6O10P. The van der Waals surface area contributed by atoms with Crippen molar-refractivity contribution in [1.29, 1.82) is 0 Å². The van der Waals surface area contributed by atoms with Gasteiger partial charge in [-0.25, -0.2) is 14.4 Å². The third-order valence-electron chi connectivity index (χ3n) is 3.92. The minimum Gasteiger partial charge on any atom is -0.480 e. The Kier molecular flexibility index (Phi) is 6.62. The second kappa shape index (κ2) is 8.44. The molecule has 1 fully saturated rings. The van der Waals surface area contributed by atoms with Gasteiger partial charge in [0.15, 0.2) is 6.23 Å². The maximum atomic E-state index is 12.0. The minimum absolute atomic E-state index is 0.688. The van der Waals surface area contributed by atoms with Crippen molar-refractivity contribution in [2.24, 2.45) is 5.11 Å². The van der Waals surface area contributed by atoms with E-state index in [0.717, 1.165) is 19.2 Å². The van der Waals surface area contributed by atoms with Crippen molar-refractivity contribution >= 4 is 13.7 Å². The van der Waals surface area contributed by atoms with Gasteiger partial charge in [0.2, 0.25) is 5.72 Å². The molecule has 2 rings (SSSR count). The van der Waals surface area contributed by atoms with Crippen LogP contribution in [0.3, 0.4) is 0 Å². The van der Waals surface area contributed by atoms with Crippen LogP contribution in [0.15, 0.2) is 27.0 Å². The molecule has 1 aliphatic rings. The Morgan fingerprint density at radius 2 is 2.24 bits per heavy atom. The number of hydrogen-bond acceptors (Lipinski definition) is 9. The van der Waals surface area contributed by atoms with Crippen LogP contribution in [0, 0.1) is 0 Å². The first kappa shape index (κ1) is 22.7. The fourth-order valence-corrected chi connectivity index (χ4v) is 3.48. The van der Waals surface area contributed by atoms with Crippen molar-refractivity contribution < 1.29 is 38.8 Å². The Hall–Kier alpha value is -2.55. The number of aromatic nitrogens is 2. The lowest BCUT2D eigenvalue weighted by Gasteiger charge is -2.27. The van der Waals surface area contributed by atoms with Gasteiger partial charge >= 0.3 is 19.4 Å². The molecule has 29 heavy (non-hydrogen) atoms. The maximum absolute atomic E-state index is 12.0. The van der Waals surface area contributed by atoms with Crippen LogP contribution in [0.25, 0.3) is 10.4 Å². The Labute approximate surface area is 160 Å². The van der Waals surface area contributed by atoms with E-state index in [9.17, 15) is 34.1 Å². The van der Waals surface area contributed by atoms with Crippen molar-refractivity contribution in [2.75, 3.05) is 6.61 Å². The van der Waals surface area contributed by atoms with Crippen LogP contribution >= 0.6 is 7.75 Å². The lowest BCUT2D eigenvalue weighted by Crippen LogP contribution is -2.45. The summed E-state index contributed by atoms with van der Waals surface area (Å²) in [5.41, 5.74) is 4.56. The molecule has 6 atom stereocenters. The second-order valence-corrected chi connectivity index (χ2v) is 7.54. The van der Waals surface area contributed by atoms with E-state index in [1.807, 2.05) is 4.98 Å². The molecule has 17 heteroatoms. The van der Waals surface area contributed by atoms with Crippen LogP contribution in [-0.2, 0) is 18.6 Å². The molecule has 1 aromatic rings. The number of rotatable bonds is 8.